The van der Waals surface area contributed by atoms with Crippen molar-refractivity contribution in [2.24, 2.45) is 0 Å². The first-order chi connectivity index (χ1) is 14.1. The van der Waals surface area contributed by atoms with E-state index in [4.69, 9.17) is 10.5 Å². The van der Waals surface area contributed by atoms with Gasteiger partial charge in [0.1, 0.15) is 11.6 Å². The highest BCUT2D eigenvalue weighted by Gasteiger charge is 2.33. The van der Waals surface area contributed by atoms with Crippen LogP contribution in [0.1, 0.15) is 34.9 Å². The van der Waals surface area contributed by atoms with Gasteiger partial charge in [0.15, 0.2) is 0 Å². The maximum atomic E-state index is 13.2. The highest BCUT2D eigenvalue weighted by molar-refractivity contribution is 5.94. The van der Waals surface area contributed by atoms with E-state index in [0.717, 1.165) is 35.4 Å². The maximum absolute atomic E-state index is 13.2. The predicted octanol–water partition coefficient (Wildman–Crippen LogP) is 3.85. The Hall–Kier alpha value is -3.48. The SMILES string of the molecule is COc1ccc(-c2cnc(N)nc2[C@H]2CCCN2C(=O)c2ccc(F)cc2)cc1. The summed E-state index contributed by atoms with van der Waals surface area (Å²) < 4.78 is 18.5. The summed E-state index contributed by atoms with van der Waals surface area (Å²) in [5.41, 5.74) is 8.79. The van der Waals surface area contributed by atoms with Crippen molar-refractivity contribution in [2.45, 2.75) is 18.9 Å². The summed E-state index contributed by atoms with van der Waals surface area (Å²) in [6.07, 6.45) is 3.31. The monoisotopic (exact) mass is 392 g/mol. The van der Waals surface area contributed by atoms with E-state index < -0.39 is 0 Å². The third kappa shape index (κ3) is 3.76. The number of nitrogens with zero attached hydrogens (tertiary/aromatic N) is 3. The Morgan fingerprint density at radius 1 is 1.17 bits per heavy atom. The van der Waals surface area contributed by atoms with Crippen LogP contribution < -0.4 is 10.5 Å². The van der Waals surface area contributed by atoms with Crippen molar-refractivity contribution in [3.63, 3.8) is 0 Å². The van der Waals surface area contributed by atoms with Crippen LogP contribution in [0, 0.1) is 5.82 Å². The Morgan fingerprint density at radius 3 is 2.59 bits per heavy atom. The minimum Gasteiger partial charge on any atom is -0.497 e. The van der Waals surface area contributed by atoms with Crippen LogP contribution in [-0.2, 0) is 0 Å². The van der Waals surface area contributed by atoms with Crippen molar-refractivity contribution in [1.29, 1.82) is 0 Å². The van der Waals surface area contributed by atoms with E-state index in [0.29, 0.717) is 12.1 Å². The number of halogens is 1. The fourth-order valence-electron chi connectivity index (χ4n) is 3.71. The second-order valence-electron chi connectivity index (χ2n) is 6.92. The van der Waals surface area contributed by atoms with Gasteiger partial charge >= 0.3 is 0 Å². The van der Waals surface area contributed by atoms with Crippen LogP contribution >= 0.6 is 0 Å². The molecule has 1 fully saturated rings. The molecule has 2 N–H and O–H groups in total. The maximum Gasteiger partial charge on any atom is 0.254 e. The smallest absolute Gasteiger partial charge is 0.254 e. The summed E-state index contributed by atoms with van der Waals surface area (Å²) >= 11 is 0. The summed E-state index contributed by atoms with van der Waals surface area (Å²) in [4.78, 5) is 23.5. The molecule has 0 aliphatic carbocycles. The molecule has 0 spiro atoms. The van der Waals surface area contributed by atoms with Crippen LogP contribution in [0.4, 0.5) is 10.3 Å². The van der Waals surface area contributed by atoms with Crippen molar-refractivity contribution >= 4 is 11.9 Å². The van der Waals surface area contributed by atoms with Gasteiger partial charge in [-0.25, -0.2) is 14.4 Å². The van der Waals surface area contributed by atoms with Crippen molar-refractivity contribution in [1.82, 2.24) is 14.9 Å². The van der Waals surface area contributed by atoms with Gasteiger partial charge in [-0.2, -0.15) is 0 Å². The van der Waals surface area contributed by atoms with Crippen LogP contribution in [0.2, 0.25) is 0 Å². The van der Waals surface area contributed by atoms with Crippen LogP contribution in [0.5, 0.6) is 5.75 Å². The molecular formula is C22H21FN4O2. The van der Waals surface area contributed by atoms with Crippen LogP contribution in [0.15, 0.2) is 54.7 Å². The number of ether oxygens (including phenoxy) is 1. The third-order valence-corrected chi connectivity index (χ3v) is 5.16. The molecule has 1 aliphatic rings. The number of anilines is 1. The summed E-state index contributed by atoms with van der Waals surface area (Å²) in [5.74, 6) is 0.397. The van der Waals surface area contributed by atoms with Gasteiger partial charge in [0, 0.05) is 23.9 Å². The summed E-state index contributed by atoms with van der Waals surface area (Å²) in [6, 6.07) is 13.0. The number of nitrogen functional groups attached to an aromatic ring is 1. The minimum absolute atomic E-state index is 0.148. The fourth-order valence-corrected chi connectivity index (χ4v) is 3.71. The number of likely N-dealkylation sites (tertiary alicyclic amines) is 1. The highest BCUT2D eigenvalue weighted by Crippen LogP contribution is 2.37. The highest BCUT2D eigenvalue weighted by atomic mass is 19.1. The Kier molecular flexibility index (Phi) is 5.12. The molecule has 2 heterocycles. The van der Waals surface area contributed by atoms with Crippen molar-refractivity contribution < 1.29 is 13.9 Å². The lowest BCUT2D eigenvalue weighted by atomic mass is 9.99. The quantitative estimate of drug-likeness (QED) is 0.729. The molecule has 0 bridgehead atoms. The van der Waals surface area contributed by atoms with E-state index >= 15 is 0 Å². The molecule has 1 saturated heterocycles. The van der Waals surface area contributed by atoms with Gasteiger partial charge in [0.2, 0.25) is 5.95 Å². The van der Waals surface area contributed by atoms with Crippen molar-refractivity contribution in [3.8, 4) is 16.9 Å². The Bertz CT molecular complexity index is 1020. The van der Waals surface area contributed by atoms with Gasteiger partial charge in [-0.05, 0) is 54.8 Å². The average molecular weight is 392 g/mol. The number of aromatic nitrogens is 2. The van der Waals surface area contributed by atoms with Crippen LogP contribution in [0.3, 0.4) is 0 Å². The van der Waals surface area contributed by atoms with Gasteiger partial charge in [-0.15, -0.1) is 0 Å². The Balaban J connectivity index is 1.71. The molecule has 1 aromatic heterocycles. The van der Waals surface area contributed by atoms with Crippen LogP contribution in [0.25, 0.3) is 11.1 Å². The molecule has 3 aromatic rings. The average Bonchev–Trinajstić information content (AvgIpc) is 3.23. The van der Waals surface area contributed by atoms with E-state index in [1.54, 1.807) is 18.2 Å². The third-order valence-electron chi connectivity index (χ3n) is 5.16. The first-order valence-corrected chi connectivity index (χ1v) is 9.40. The molecule has 0 saturated carbocycles. The molecular weight excluding hydrogens is 371 g/mol. The van der Waals surface area contributed by atoms with Gasteiger partial charge < -0.3 is 15.4 Å². The lowest BCUT2D eigenvalue weighted by Crippen LogP contribution is -2.31. The number of hydrogen-bond donors (Lipinski definition) is 1. The topological polar surface area (TPSA) is 81.3 Å². The fraction of sp³-hybridized carbons (Fsp3) is 0.227. The van der Waals surface area contributed by atoms with E-state index in [9.17, 15) is 9.18 Å². The normalized spacial score (nSPS) is 16.1. The number of rotatable bonds is 4. The van der Waals surface area contributed by atoms with E-state index in [2.05, 4.69) is 9.97 Å². The van der Waals surface area contributed by atoms with Gasteiger partial charge in [0.25, 0.3) is 5.91 Å². The van der Waals surface area contributed by atoms with E-state index in [-0.39, 0.29) is 23.7 Å². The first kappa shape index (κ1) is 18.9. The summed E-state index contributed by atoms with van der Waals surface area (Å²) in [6.45, 7) is 0.604. The molecule has 6 nitrogen and oxygen atoms in total. The molecule has 1 atom stereocenters. The molecule has 29 heavy (non-hydrogen) atoms. The zero-order valence-electron chi connectivity index (χ0n) is 16.0. The van der Waals surface area contributed by atoms with Crippen molar-refractivity contribution in [3.05, 3.63) is 71.8 Å². The number of nitrogens with two attached hydrogens (primary N) is 1. The predicted molar refractivity (Wildman–Crippen MR) is 108 cm³/mol. The number of methoxy groups -OCH3 is 1. The molecule has 1 amide bonds. The van der Waals surface area contributed by atoms with Gasteiger partial charge in [-0.3, -0.25) is 4.79 Å². The zero-order chi connectivity index (χ0) is 20.4. The van der Waals surface area contributed by atoms with Gasteiger partial charge in [-0.1, -0.05) is 12.1 Å². The van der Waals surface area contributed by atoms with E-state index in [1.165, 1.54) is 24.3 Å². The van der Waals surface area contributed by atoms with Crippen molar-refractivity contribution in [2.75, 3.05) is 19.4 Å². The summed E-state index contributed by atoms with van der Waals surface area (Å²) in [7, 11) is 1.62. The second kappa shape index (κ2) is 7.87. The Labute approximate surface area is 168 Å². The number of benzene rings is 2. The molecule has 0 radical (unpaired) electrons. The Morgan fingerprint density at radius 2 is 1.90 bits per heavy atom. The van der Waals surface area contributed by atoms with E-state index in [1.807, 2.05) is 24.3 Å². The standard InChI is InChI=1S/C22H21FN4O2/c1-29-17-10-6-14(7-11-17)18-13-25-22(24)26-20(18)19-3-2-12-27(19)21(28)15-4-8-16(23)9-5-15/h4-11,13,19H,2-3,12H2,1H3,(H2,24,25,26)/t19-/m1/s1. The molecule has 1 aliphatic heterocycles. The second-order valence-corrected chi connectivity index (χ2v) is 6.92. The first-order valence-electron chi connectivity index (χ1n) is 9.40. The zero-order valence-corrected chi connectivity index (χ0v) is 16.0. The largest absolute Gasteiger partial charge is 0.497 e. The lowest BCUT2D eigenvalue weighted by Gasteiger charge is -2.26. The molecule has 0 unspecified atom stereocenters. The number of carbonyl (C=O) groups excluding carboxylic acids is 1. The molecule has 7 heteroatoms. The number of carbonyl (C=O) groups is 1. The number of amides is 1. The molecule has 4 rings (SSSR count). The molecule has 2 aromatic carbocycles. The minimum atomic E-state index is -0.370. The van der Waals surface area contributed by atoms with Crippen LogP contribution in [-0.4, -0.2) is 34.4 Å². The summed E-state index contributed by atoms with van der Waals surface area (Å²) in [5, 5.41) is 0. The molecule has 148 valence electrons. The lowest BCUT2D eigenvalue weighted by molar-refractivity contribution is 0.0733. The van der Waals surface area contributed by atoms with Gasteiger partial charge in [0.05, 0.1) is 18.8 Å². The number of hydrogen-bond acceptors (Lipinski definition) is 5.